The molecular formula is C21H18O13. The van der Waals surface area contributed by atoms with Gasteiger partial charge >= 0.3 is 5.97 Å². The van der Waals surface area contributed by atoms with E-state index < -0.39 is 70.9 Å². The number of fused-ring (bicyclic) bond motifs is 1. The molecule has 0 unspecified atom stereocenters. The second-order valence-electron chi connectivity index (χ2n) is 7.48. The topological polar surface area (TPSA) is 228 Å². The number of carboxylic acids is 1. The molecule has 4 rings (SSSR count). The first-order valence-electron chi connectivity index (χ1n) is 9.64. The first-order valence-corrected chi connectivity index (χ1v) is 9.64. The molecule has 1 fully saturated rings. The molecule has 13 nitrogen and oxygen atoms in total. The van der Waals surface area contributed by atoms with Crippen molar-refractivity contribution in [2.75, 3.05) is 0 Å². The third-order valence-corrected chi connectivity index (χ3v) is 5.21. The Morgan fingerprint density at radius 3 is 2.26 bits per heavy atom. The fraction of sp³-hybridized carbons (Fsp3) is 0.238. The Hall–Kier alpha value is -4.04. The van der Waals surface area contributed by atoms with Crippen molar-refractivity contribution in [1.82, 2.24) is 0 Å². The summed E-state index contributed by atoms with van der Waals surface area (Å²) in [7, 11) is 0. The lowest BCUT2D eigenvalue weighted by atomic mass is 9.99. The molecule has 5 atom stereocenters. The van der Waals surface area contributed by atoms with Gasteiger partial charge in [-0.05, 0) is 18.2 Å². The number of aliphatic carboxylic acids is 1. The maximum atomic E-state index is 12.5. The van der Waals surface area contributed by atoms with Crippen molar-refractivity contribution in [2.45, 2.75) is 30.7 Å². The largest absolute Gasteiger partial charge is 0.508 e. The van der Waals surface area contributed by atoms with Crippen LogP contribution in [0.25, 0.3) is 22.3 Å². The van der Waals surface area contributed by atoms with Crippen LogP contribution in [0.2, 0.25) is 0 Å². The number of carbonyl (C=O) groups is 1. The molecule has 0 aliphatic carbocycles. The van der Waals surface area contributed by atoms with Gasteiger partial charge in [-0.3, -0.25) is 4.79 Å². The molecule has 3 aromatic rings. The van der Waals surface area contributed by atoms with Gasteiger partial charge in [-0.2, -0.15) is 0 Å². The lowest BCUT2D eigenvalue weighted by Gasteiger charge is -2.38. The summed E-state index contributed by atoms with van der Waals surface area (Å²) in [5.74, 6) is -4.92. The van der Waals surface area contributed by atoms with Crippen molar-refractivity contribution in [1.29, 1.82) is 0 Å². The van der Waals surface area contributed by atoms with Gasteiger partial charge in [0, 0.05) is 17.7 Å². The Kier molecular flexibility index (Phi) is 5.70. The van der Waals surface area contributed by atoms with E-state index in [0.29, 0.717) is 0 Å². The second-order valence-corrected chi connectivity index (χ2v) is 7.48. The molecule has 1 aromatic heterocycles. The van der Waals surface area contributed by atoms with Crippen LogP contribution in [0, 0.1) is 0 Å². The average molecular weight is 478 g/mol. The van der Waals surface area contributed by atoms with E-state index in [0.717, 1.165) is 24.3 Å². The number of benzene rings is 2. The molecule has 1 aliphatic rings. The van der Waals surface area contributed by atoms with Crippen LogP contribution >= 0.6 is 0 Å². The molecule has 34 heavy (non-hydrogen) atoms. The van der Waals surface area contributed by atoms with Crippen molar-refractivity contribution in [3.05, 3.63) is 40.6 Å². The predicted molar refractivity (Wildman–Crippen MR) is 110 cm³/mol. The van der Waals surface area contributed by atoms with Crippen molar-refractivity contribution < 1.29 is 59.5 Å². The van der Waals surface area contributed by atoms with E-state index in [4.69, 9.17) is 19.0 Å². The molecule has 2 aromatic carbocycles. The Labute approximate surface area is 188 Å². The SMILES string of the molecule is O=C(O)[C@H]1O[C@@H](Oc2ccc(-c3oc4cc(O)cc(O)c4c(=O)c3O)cc2O)[C@H](O)[C@@H](O)[C@@H]1O. The summed E-state index contributed by atoms with van der Waals surface area (Å²) < 4.78 is 15.7. The van der Waals surface area contributed by atoms with Crippen LogP contribution in [-0.2, 0) is 9.53 Å². The van der Waals surface area contributed by atoms with Gasteiger partial charge in [0.1, 0.15) is 40.8 Å². The van der Waals surface area contributed by atoms with Crippen LogP contribution in [0.15, 0.2) is 39.5 Å². The summed E-state index contributed by atoms with van der Waals surface area (Å²) in [6.07, 6.45) is -9.41. The number of ether oxygens (including phenoxy) is 2. The Bertz CT molecular complexity index is 1330. The summed E-state index contributed by atoms with van der Waals surface area (Å²) in [5.41, 5.74) is -1.28. The van der Waals surface area contributed by atoms with E-state index in [-0.39, 0.29) is 22.3 Å². The van der Waals surface area contributed by atoms with Gasteiger partial charge in [0.15, 0.2) is 23.4 Å². The number of aromatic hydroxyl groups is 4. The van der Waals surface area contributed by atoms with Crippen LogP contribution in [0.1, 0.15) is 0 Å². The van der Waals surface area contributed by atoms with E-state index in [9.17, 15) is 45.3 Å². The lowest BCUT2D eigenvalue weighted by Crippen LogP contribution is -2.61. The molecule has 0 spiro atoms. The zero-order valence-corrected chi connectivity index (χ0v) is 16.9. The summed E-state index contributed by atoms with van der Waals surface area (Å²) >= 11 is 0. The molecule has 1 aliphatic heterocycles. The number of aliphatic hydroxyl groups excluding tert-OH is 3. The Morgan fingerprint density at radius 2 is 1.62 bits per heavy atom. The first-order chi connectivity index (χ1) is 16.0. The van der Waals surface area contributed by atoms with Gasteiger partial charge < -0.3 is 54.7 Å². The van der Waals surface area contributed by atoms with Crippen molar-refractivity contribution in [3.63, 3.8) is 0 Å². The van der Waals surface area contributed by atoms with E-state index in [1.807, 2.05) is 0 Å². The lowest BCUT2D eigenvalue weighted by molar-refractivity contribution is -0.271. The molecule has 0 radical (unpaired) electrons. The van der Waals surface area contributed by atoms with Crippen LogP contribution in [0.5, 0.6) is 28.7 Å². The zero-order chi connectivity index (χ0) is 24.9. The average Bonchev–Trinajstić information content (AvgIpc) is 2.77. The number of hydrogen-bond donors (Lipinski definition) is 8. The minimum atomic E-state index is -1.93. The highest BCUT2D eigenvalue weighted by Crippen LogP contribution is 2.39. The first kappa shape index (κ1) is 23.1. The van der Waals surface area contributed by atoms with Crippen LogP contribution in [0.4, 0.5) is 0 Å². The van der Waals surface area contributed by atoms with Gasteiger partial charge in [0.25, 0.3) is 0 Å². The molecule has 0 amide bonds. The van der Waals surface area contributed by atoms with Gasteiger partial charge in [-0.25, -0.2) is 4.79 Å². The number of rotatable bonds is 4. The number of aliphatic hydroxyl groups is 3. The number of carboxylic acid groups (broad SMARTS) is 1. The van der Waals surface area contributed by atoms with E-state index >= 15 is 0 Å². The molecule has 1 saturated heterocycles. The normalized spacial score (nSPS) is 24.7. The molecule has 0 bridgehead atoms. The van der Waals surface area contributed by atoms with Crippen LogP contribution < -0.4 is 10.2 Å². The van der Waals surface area contributed by atoms with Gasteiger partial charge in [-0.1, -0.05) is 0 Å². The number of phenols is 3. The van der Waals surface area contributed by atoms with Gasteiger partial charge in [0.2, 0.25) is 17.5 Å². The van der Waals surface area contributed by atoms with Crippen molar-refractivity contribution >= 4 is 16.9 Å². The third-order valence-electron chi connectivity index (χ3n) is 5.21. The minimum Gasteiger partial charge on any atom is -0.508 e. The predicted octanol–water partition coefficient (Wildman–Crippen LogP) is -0.447. The highest BCUT2D eigenvalue weighted by atomic mass is 16.7. The van der Waals surface area contributed by atoms with Crippen molar-refractivity contribution in [2.24, 2.45) is 0 Å². The number of hydrogen-bond acceptors (Lipinski definition) is 12. The second kappa shape index (κ2) is 8.39. The minimum absolute atomic E-state index is 0.0341. The Morgan fingerprint density at radius 1 is 0.912 bits per heavy atom. The van der Waals surface area contributed by atoms with Gasteiger partial charge in [0.05, 0.1) is 0 Å². The third kappa shape index (κ3) is 3.82. The van der Waals surface area contributed by atoms with Gasteiger partial charge in [-0.15, -0.1) is 0 Å². The van der Waals surface area contributed by atoms with E-state index in [1.54, 1.807) is 0 Å². The standard InChI is InChI=1S/C21H18O13/c22-7-4-9(24)12-11(5-7)32-18(15(27)13(12)25)6-1-2-10(8(23)3-6)33-21-17(29)14(26)16(28)19(34-21)20(30)31/h1-5,14,16-17,19,21-24,26-29H,(H,30,31)/t14-,16-,17+,19-,21+/m0/s1. The fourth-order valence-corrected chi connectivity index (χ4v) is 3.50. The molecule has 8 N–H and O–H groups in total. The van der Waals surface area contributed by atoms with Crippen LogP contribution in [-0.4, -0.2) is 77.5 Å². The van der Waals surface area contributed by atoms with Crippen molar-refractivity contribution in [3.8, 4) is 40.1 Å². The van der Waals surface area contributed by atoms with Crippen LogP contribution in [0.3, 0.4) is 0 Å². The molecule has 2 heterocycles. The van der Waals surface area contributed by atoms with E-state index in [2.05, 4.69) is 0 Å². The molecular weight excluding hydrogens is 460 g/mol. The summed E-state index contributed by atoms with van der Waals surface area (Å²) in [4.78, 5) is 23.7. The molecule has 0 saturated carbocycles. The quantitative estimate of drug-likeness (QED) is 0.238. The number of phenolic OH excluding ortho intramolecular Hbond substituents is 3. The fourth-order valence-electron chi connectivity index (χ4n) is 3.50. The molecule has 13 heteroatoms. The smallest absolute Gasteiger partial charge is 0.335 e. The summed E-state index contributed by atoms with van der Waals surface area (Å²) in [5, 5.41) is 78.5. The highest BCUT2D eigenvalue weighted by molar-refractivity contribution is 5.88. The maximum absolute atomic E-state index is 12.5. The monoisotopic (exact) mass is 478 g/mol. The zero-order valence-electron chi connectivity index (χ0n) is 16.9. The van der Waals surface area contributed by atoms with E-state index in [1.165, 1.54) is 6.07 Å². The summed E-state index contributed by atoms with van der Waals surface area (Å²) in [6, 6.07) is 5.26. The summed E-state index contributed by atoms with van der Waals surface area (Å²) in [6.45, 7) is 0. The highest BCUT2D eigenvalue weighted by Gasteiger charge is 2.48. The molecule has 180 valence electrons. The maximum Gasteiger partial charge on any atom is 0.335 e. The Balaban J connectivity index is 1.68.